The Morgan fingerprint density at radius 2 is 1.65 bits per heavy atom. The molecule has 9 rings (SSSR count). The fourth-order valence-corrected chi connectivity index (χ4v) is 10.00. The first-order valence-electron chi connectivity index (χ1n) is 21.0. The highest BCUT2D eigenvalue weighted by Gasteiger charge is 2.47. The zero-order valence-electron chi connectivity index (χ0n) is 33.3. The molecule has 1 aromatic heterocycles. The van der Waals surface area contributed by atoms with E-state index in [1.807, 2.05) is 6.07 Å². The maximum absolute atomic E-state index is 13.3. The van der Waals surface area contributed by atoms with Crippen molar-refractivity contribution in [2.75, 3.05) is 55.6 Å². The number of hydrogen-bond acceptors (Lipinski definition) is 13. The number of likely N-dealkylation sites (tertiary alicyclic amines) is 1. The number of imide groups is 2. The van der Waals surface area contributed by atoms with Crippen molar-refractivity contribution in [1.29, 1.82) is 5.26 Å². The van der Waals surface area contributed by atoms with Crippen LogP contribution in [0.15, 0.2) is 42.6 Å². The summed E-state index contributed by atoms with van der Waals surface area (Å²) in [6, 6.07) is 11.5. The van der Waals surface area contributed by atoms with Gasteiger partial charge in [0, 0.05) is 62.4 Å². The summed E-state index contributed by atoms with van der Waals surface area (Å²) in [5, 5.41) is 23.3. The molecule has 3 aromatic rings. The highest BCUT2D eigenvalue weighted by molar-refractivity contribution is 6.31. The molecule has 1 unspecified atom stereocenters. The number of piperidine rings is 3. The minimum atomic E-state index is -0.968. The molecule has 5 amide bonds. The molecule has 5 fully saturated rings. The number of hydrogen-bond donors (Lipinski definition) is 2. The average molecular weight is 835 g/mol. The summed E-state index contributed by atoms with van der Waals surface area (Å²) in [4.78, 5) is 75.9. The molecular weight excluding hydrogens is 788 g/mol. The van der Waals surface area contributed by atoms with Crippen LogP contribution in [0.3, 0.4) is 0 Å². The van der Waals surface area contributed by atoms with E-state index in [1.165, 1.54) is 0 Å². The highest BCUT2D eigenvalue weighted by Crippen LogP contribution is 2.44. The molecule has 0 bridgehead atoms. The Labute approximate surface area is 352 Å². The summed E-state index contributed by atoms with van der Waals surface area (Å²) in [5.41, 5.74) is 2.18. The molecule has 60 heavy (non-hydrogen) atoms. The molecular formula is C43H47ClN10O6. The van der Waals surface area contributed by atoms with Crippen LogP contribution in [0.25, 0.3) is 0 Å². The van der Waals surface area contributed by atoms with Gasteiger partial charge in [0.05, 0.1) is 34.0 Å². The zero-order chi connectivity index (χ0) is 41.5. The Morgan fingerprint density at radius 3 is 2.33 bits per heavy atom. The number of nitrogens with zero attached hydrogens (tertiary/aromatic N) is 8. The van der Waals surface area contributed by atoms with Crippen molar-refractivity contribution in [2.24, 2.45) is 11.3 Å². The van der Waals surface area contributed by atoms with Gasteiger partial charge in [-0.15, -0.1) is 10.2 Å². The molecule has 4 saturated heterocycles. The predicted molar refractivity (Wildman–Crippen MR) is 219 cm³/mol. The first kappa shape index (κ1) is 39.8. The van der Waals surface area contributed by atoms with Crippen molar-refractivity contribution in [1.82, 2.24) is 35.6 Å². The number of rotatable bonds is 9. The third-order valence-corrected chi connectivity index (χ3v) is 13.7. The van der Waals surface area contributed by atoms with E-state index in [1.54, 1.807) is 36.5 Å². The summed E-state index contributed by atoms with van der Waals surface area (Å²) >= 11 is 6.15. The fraction of sp³-hybridized carbons (Fsp3) is 0.512. The van der Waals surface area contributed by atoms with E-state index in [9.17, 15) is 24.0 Å². The summed E-state index contributed by atoms with van der Waals surface area (Å²) in [5.74, 6) is -0.307. The SMILES string of the molecule is N#Cc1ccc(OC2CCC(NC(=O)c3ncc(N4CCC(CN5CCC6(CC5)CN(c5ccc7c(c5)C(=O)N(C5CCC(=O)NC5=O)C7=O)C6)CC4)nn3)CC2)cc1Cl. The number of carbonyl (C=O) groups is 5. The minimum Gasteiger partial charge on any atom is -0.490 e. The number of benzene rings is 2. The maximum atomic E-state index is 13.3. The van der Waals surface area contributed by atoms with Gasteiger partial charge in [0.1, 0.15) is 17.9 Å². The van der Waals surface area contributed by atoms with Gasteiger partial charge in [-0.25, -0.2) is 4.98 Å². The quantitative estimate of drug-likeness (QED) is 0.297. The Balaban J connectivity index is 0.683. The van der Waals surface area contributed by atoms with Gasteiger partial charge in [0.2, 0.25) is 17.6 Å². The number of nitriles is 1. The molecule has 1 saturated carbocycles. The smallest absolute Gasteiger partial charge is 0.291 e. The Morgan fingerprint density at radius 1 is 0.900 bits per heavy atom. The van der Waals surface area contributed by atoms with Gasteiger partial charge in [-0.1, -0.05) is 11.6 Å². The van der Waals surface area contributed by atoms with E-state index in [4.69, 9.17) is 21.6 Å². The number of nitrogens with one attached hydrogen (secondary N) is 2. The van der Waals surface area contributed by atoms with E-state index < -0.39 is 29.7 Å². The zero-order valence-corrected chi connectivity index (χ0v) is 34.0. The second-order valence-electron chi connectivity index (χ2n) is 17.2. The molecule has 0 radical (unpaired) electrons. The highest BCUT2D eigenvalue weighted by atomic mass is 35.5. The molecule has 2 aromatic carbocycles. The van der Waals surface area contributed by atoms with Crippen molar-refractivity contribution in [3.63, 3.8) is 0 Å². The first-order chi connectivity index (χ1) is 29.0. The lowest BCUT2D eigenvalue weighted by molar-refractivity contribution is -0.136. The molecule has 6 aliphatic rings. The van der Waals surface area contributed by atoms with Crippen molar-refractivity contribution in [2.45, 2.75) is 82.4 Å². The second kappa shape index (κ2) is 16.4. The van der Waals surface area contributed by atoms with E-state index in [0.717, 1.165) is 108 Å². The summed E-state index contributed by atoms with van der Waals surface area (Å²) in [6.45, 7) is 6.70. The standard InChI is InChI=1S/C43H47ClN10O6/c44-34-20-31(5-1-27(34)21-45)60-30-6-2-28(3-7-30)47-40(57)38-46-22-36(49-50-38)52-15-11-26(12-16-52)23-51-17-13-43(14-18-51)24-53(25-43)29-4-8-32-33(19-29)42(59)54(41(32)58)35-9-10-37(55)48-39(35)56/h1,4-5,8,19-20,22,26,28,30,35H,2-3,6-7,9-18,23-25H2,(H,47,57)(H,48,55,56). The molecule has 2 N–H and O–H groups in total. The van der Waals surface area contributed by atoms with Gasteiger partial charge in [-0.3, -0.25) is 34.2 Å². The van der Waals surface area contributed by atoms with Crippen molar-refractivity contribution in [3.8, 4) is 11.8 Å². The number of carbonyl (C=O) groups excluding carboxylic acids is 5. The van der Waals surface area contributed by atoms with Crippen LogP contribution >= 0.6 is 11.6 Å². The Hall–Kier alpha value is -5.66. The number of amides is 5. The average Bonchev–Trinajstić information content (AvgIpc) is 3.49. The van der Waals surface area contributed by atoms with Gasteiger partial charge >= 0.3 is 0 Å². The number of ether oxygens (including phenoxy) is 1. The number of halogens is 1. The molecule has 6 heterocycles. The molecule has 312 valence electrons. The molecule has 17 heteroatoms. The lowest BCUT2D eigenvalue weighted by Crippen LogP contribution is -2.60. The normalized spacial score (nSPS) is 24.5. The van der Waals surface area contributed by atoms with E-state index >= 15 is 0 Å². The summed E-state index contributed by atoms with van der Waals surface area (Å²) in [6.07, 6.45) is 9.29. The van der Waals surface area contributed by atoms with Crippen LogP contribution in [0.2, 0.25) is 5.02 Å². The van der Waals surface area contributed by atoms with Crippen LogP contribution in [0.4, 0.5) is 11.5 Å². The Kier molecular flexibility index (Phi) is 10.9. The van der Waals surface area contributed by atoms with Crippen molar-refractivity contribution < 1.29 is 28.7 Å². The van der Waals surface area contributed by atoms with E-state index in [-0.39, 0.29) is 42.1 Å². The van der Waals surface area contributed by atoms with E-state index in [0.29, 0.717) is 39.2 Å². The van der Waals surface area contributed by atoms with Gasteiger partial charge in [0.25, 0.3) is 17.7 Å². The van der Waals surface area contributed by atoms with Crippen molar-refractivity contribution >= 4 is 52.6 Å². The summed E-state index contributed by atoms with van der Waals surface area (Å²) in [7, 11) is 0. The van der Waals surface area contributed by atoms with Crippen LogP contribution < -0.4 is 25.2 Å². The number of aromatic nitrogens is 3. The largest absolute Gasteiger partial charge is 0.490 e. The van der Waals surface area contributed by atoms with Gasteiger partial charge in [-0.2, -0.15) is 5.26 Å². The minimum absolute atomic E-state index is 0.00131. The van der Waals surface area contributed by atoms with Crippen molar-refractivity contribution in [3.05, 3.63) is 70.1 Å². The molecule has 5 aliphatic heterocycles. The topological polar surface area (TPSA) is 194 Å². The molecule has 1 atom stereocenters. The third-order valence-electron chi connectivity index (χ3n) is 13.3. The summed E-state index contributed by atoms with van der Waals surface area (Å²) < 4.78 is 6.07. The predicted octanol–water partition coefficient (Wildman–Crippen LogP) is 3.74. The van der Waals surface area contributed by atoms with Gasteiger partial charge in [-0.05, 0) is 107 Å². The fourth-order valence-electron chi connectivity index (χ4n) is 9.78. The second-order valence-corrected chi connectivity index (χ2v) is 17.6. The lowest BCUT2D eigenvalue weighted by atomic mass is 9.71. The van der Waals surface area contributed by atoms with E-state index in [2.05, 4.69) is 46.6 Å². The van der Waals surface area contributed by atoms with Gasteiger partial charge in [0.15, 0.2) is 5.82 Å². The molecule has 1 spiro atoms. The molecule has 1 aliphatic carbocycles. The molecule has 16 nitrogen and oxygen atoms in total. The third kappa shape index (κ3) is 8.00. The Bertz CT molecular complexity index is 2230. The number of fused-ring (bicyclic) bond motifs is 1. The van der Waals surface area contributed by atoms with Gasteiger partial charge < -0.3 is 24.8 Å². The monoisotopic (exact) mass is 834 g/mol. The lowest BCUT2D eigenvalue weighted by Gasteiger charge is -2.55. The first-order valence-corrected chi connectivity index (χ1v) is 21.4. The van der Waals surface area contributed by atoms with Crippen LogP contribution in [0, 0.1) is 22.7 Å². The van der Waals surface area contributed by atoms with Crippen LogP contribution in [-0.2, 0) is 9.59 Å². The van der Waals surface area contributed by atoms with Crippen LogP contribution in [0.1, 0.15) is 101 Å². The van der Waals surface area contributed by atoms with Crippen LogP contribution in [0.5, 0.6) is 5.75 Å². The number of anilines is 2. The van der Waals surface area contributed by atoms with Crippen LogP contribution in [-0.4, -0.2) is 119 Å². The maximum Gasteiger partial charge on any atom is 0.291 e.